The number of amides is 1. The summed E-state index contributed by atoms with van der Waals surface area (Å²) in [7, 11) is 0. The lowest BCUT2D eigenvalue weighted by Gasteiger charge is -2.13. The number of para-hydroxylation sites is 1. The van der Waals surface area contributed by atoms with E-state index in [-0.39, 0.29) is 12.5 Å². The Kier molecular flexibility index (Phi) is 10.2. The van der Waals surface area contributed by atoms with Gasteiger partial charge in [-0.15, -0.1) is 0 Å². The number of ether oxygens (including phenoxy) is 1. The van der Waals surface area contributed by atoms with Gasteiger partial charge in [0.15, 0.2) is 5.17 Å². The van der Waals surface area contributed by atoms with Gasteiger partial charge < -0.3 is 15.2 Å². The number of benzene rings is 2. The maximum absolute atomic E-state index is 12.7. The predicted octanol–water partition coefficient (Wildman–Crippen LogP) is 7.31. The minimum atomic E-state index is -5.08. The number of esters is 1. The fourth-order valence-electron chi connectivity index (χ4n) is 3.82. The Morgan fingerprint density at radius 3 is 2.39 bits per heavy atom. The molecule has 15 heteroatoms. The molecule has 1 saturated heterocycles. The second-order valence-corrected chi connectivity index (χ2v) is 10.5. The smallest absolute Gasteiger partial charge is 0.475 e. The number of thioether (sulfide) groups is 1. The summed E-state index contributed by atoms with van der Waals surface area (Å²) in [6, 6.07) is 14.3. The van der Waals surface area contributed by atoms with Gasteiger partial charge in [0.25, 0.3) is 5.91 Å². The lowest BCUT2D eigenvalue weighted by molar-refractivity contribution is -0.192. The number of fused-ring (bicyclic) bond motifs is 1. The first-order valence-electron chi connectivity index (χ1n) is 12.4. The highest BCUT2D eigenvalue weighted by atomic mass is 35.5. The van der Waals surface area contributed by atoms with Crippen LogP contribution >= 0.6 is 35.0 Å². The fraction of sp³-hybridized carbons (Fsp3) is 0.103. The van der Waals surface area contributed by atoms with E-state index in [1.54, 1.807) is 43.6 Å². The average Bonchev–Trinajstić information content (AvgIpc) is 3.32. The monoisotopic (exact) mass is 662 g/mol. The second-order valence-electron chi connectivity index (χ2n) is 8.63. The molecule has 2 aromatic carbocycles. The molecule has 9 nitrogen and oxygen atoms in total. The van der Waals surface area contributed by atoms with Gasteiger partial charge in [0.05, 0.1) is 32.6 Å². The van der Waals surface area contributed by atoms with Crippen molar-refractivity contribution >= 4 is 80.6 Å². The summed E-state index contributed by atoms with van der Waals surface area (Å²) in [6.07, 6.45) is 1.52. The molecule has 0 bridgehead atoms. The topological polar surface area (TPSA) is 131 Å². The molecule has 4 aromatic rings. The van der Waals surface area contributed by atoms with Crippen LogP contribution in [0.1, 0.15) is 22.8 Å². The third kappa shape index (κ3) is 7.73. The van der Waals surface area contributed by atoms with Crippen molar-refractivity contribution in [3.63, 3.8) is 0 Å². The molecule has 44 heavy (non-hydrogen) atoms. The zero-order valence-corrected chi connectivity index (χ0v) is 24.7. The number of nitrogens with one attached hydrogen (secondary N) is 1. The molecule has 0 radical (unpaired) electrons. The van der Waals surface area contributed by atoms with Crippen molar-refractivity contribution in [2.45, 2.75) is 13.1 Å². The highest BCUT2D eigenvalue weighted by Gasteiger charge is 2.38. The summed E-state index contributed by atoms with van der Waals surface area (Å²) in [4.78, 5) is 47.8. The van der Waals surface area contributed by atoms with Gasteiger partial charge >= 0.3 is 18.1 Å². The van der Waals surface area contributed by atoms with Crippen LogP contribution in [0.15, 0.2) is 77.0 Å². The van der Waals surface area contributed by atoms with Gasteiger partial charge in [-0.25, -0.2) is 14.6 Å². The molecule has 1 amide bonds. The number of pyridine rings is 2. The number of carboxylic acids is 1. The van der Waals surface area contributed by atoms with Crippen molar-refractivity contribution in [1.82, 2.24) is 15.3 Å². The van der Waals surface area contributed by atoms with Crippen LogP contribution in [0.4, 0.5) is 18.9 Å². The van der Waals surface area contributed by atoms with Crippen LogP contribution in [-0.2, 0) is 14.3 Å². The van der Waals surface area contributed by atoms with Crippen LogP contribution in [-0.4, -0.2) is 50.9 Å². The Bertz CT molecular complexity index is 1800. The maximum Gasteiger partial charge on any atom is 0.490 e. The fourth-order valence-corrected chi connectivity index (χ4v) is 5.13. The first-order valence-corrected chi connectivity index (χ1v) is 14.0. The molecule has 1 aliphatic heterocycles. The molecule has 2 aromatic heterocycles. The lowest BCUT2D eigenvalue weighted by atomic mass is 9.96. The van der Waals surface area contributed by atoms with Crippen LogP contribution < -0.4 is 5.32 Å². The van der Waals surface area contributed by atoms with E-state index in [0.717, 1.165) is 16.5 Å². The molecule has 5 rings (SSSR count). The quantitative estimate of drug-likeness (QED) is 0.168. The average molecular weight is 663 g/mol. The molecular weight excluding hydrogens is 644 g/mol. The molecule has 0 saturated carbocycles. The van der Waals surface area contributed by atoms with E-state index in [4.69, 9.17) is 37.8 Å². The summed E-state index contributed by atoms with van der Waals surface area (Å²) >= 11 is 13.6. The number of hydrogen-bond donors (Lipinski definition) is 2. The zero-order valence-electron chi connectivity index (χ0n) is 22.4. The number of aliphatic imine (C=N–C) groups is 1. The van der Waals surface area contributed by atoms with E-state index in [0.29, 0.717) is 42.4 Å². The summed E-state index contributed by atoms with van der Waals surface area (Å²) in [6.45, 7) is 2.00. The number of aliphatic carboxylic acids is 1. The Hall–Kier alpha value is -4.46. The summed E-state index contributed by atoms with van der Waals surface area (Å²) in [5.41, 5.74) is 3.67. The van der Waals surface area contributed by atoms with E-state index in [9.17, 15) is 22.8 Å². The molecule has 1 fully saturated rings. The first kappa shape index (κ1) is 32.5. The summed E-state index contributed by atoms with van der Waals surface area (Å²) < 4.78 is 37.0. The van der Waals surface area contributed by atoms with Crippen molar-refractivity contribution in [1.29, 1.82) is 0 Å². The van der Waals surface area contributed by atoms with Gasteiger partial charge in [0.1, 0.15) is 5.69 Å². The normalized spacial score (nSPS) is 14.7. The number of rotatable bonds is 5. The predicted molar refractivity (Wildman–Crippen MR) is 162 cm³/mol. The SMILES string of the molecule is CCOC(=O)c1cnc2ccc(/C=C3/SC(=Nc4c(Cl)cccc4Cl)NC3=O)cc2c1-c1ccncc1.O=C(O)C(F)(F)F. The molecule has 1 aliphatic rings. The van der Waals surface area contributed by atoms with Gasteiger partial charge in [-0.2, -0.15) is 13.2 Å². The Labute approximate surface area is 261 Å². The number of carboxylic acid groups (broad SMARTS) is 1. The van der Waals surface area contributed by atoms with Crippen LogP contribution in [0.25, 0.3) is 28.1 Å². The first-order chi connectivity index (χ1) is 20.9. The number of nitrogens with zero attached hydrogens (tertiary/aromatic N) is 3. The summed E-state index contributed by atoms with van der Waals surface area (Å²) in [5, 5.41) is 11.8. The molecular formula is C29H19Cl2F3N4O5S. The Morgan fingerprint density at radius 2 is 1.77 bits per heavy atom. The highest BCUT2D eigenvalue weighted by molar-refractivity contribution is 8.18. The molecule has 3 heterocycles. The van der Waals surface area contributed by atoms with Crippen molar-refractivity contribution in [3.8, 4) is 11.1 Å². The molecule has 226 valence electrons. The largest absolute Gasteiger partial charge is 0.490 e. The van der Waals surface area contributed by atoms with E-state index in [1.807, 2.05) is 30.3 Å². The number of carbonyl (C=O) groups is 3. The van der Waals surface area contributed by atoms with Gasteiger partial charge in [-0.3, -0.25) is 14.8 Å². The van der Waals surface area contributed by atoms with E-state index in [2.05, 4.69) is 20.3 Å². The number of carbonyl (C=O) groups excluding carboxylic acids is 2. The van der Waals surface area contributed by atoms with Crippen LogP contribution in [0.3, 0.4) is 0 Å². The maximum atomic E-state index is 12.7. The molecule has 0 atom stereocenters. The van der Waals surface area contributed by atoms with Crippen LogP contribution in [0.2, 0.25) is 10.0 Å². The van der Waals surface area contributed by atoms with Gasteiger partial charge in [0, 0.05) is 29.5 Å². The van der Waals surface area contributed by atoms with Crippen LogP contribution in [0.5, 0.6) is 0 Å². The number of aromatic nitrogens is 2. The number of halogens is 5. The minimum Gasteiger partial charge on any atom is -0.475 e. The molecule has 0 spiro atoms. The highest BCUT2D eigenvalue weighted by Crippen LogP contribution is 2.37. The third-order valence-electron chi connectivity index (χ3n) is 5.70. The molecule has 0 unspecified atom stereocenters. The lowest BCUT2D eigenvalue weighted by Crippen LogP contribution is -2.21. The number of alkyl halides is 3. The van der Waals surface area contributed by atoms with E-state index >= 15 is 0 Å². The molecule has 0 aliphatic carbocycles. The Morgan fingerprint density at radius 1 is 1.11 bits per heavy atom. The van der Waals surface area contributed by atoms with Crippen molar-refractivity contribution < 1.29 is 37.4 Å². The number of hydrogen-bond acceptors (Lipinski definition) is 8. The zero-order chi connectivity index (χ0) is 32.0. The van der Waals surface area contributed by atoms with Crippen molar-refractivity contribution in [3.05, 3.63) is 93.2 Å². The van der Waals surface area contributed by atoms with E-state index in [1.165, 1.54) is 18.0 Å². The van der Waals surface area contributed by atoms with Crippen molar-refractivity contribution in [2.24, 2.45) is 4.99 Å². The van der Waals surface area contributed by atoms with Crippen molar-refractivity contribution in [2.75, 3.05) is 6.61 Å². The van der Waals surface area contributed by atoms with E-state index < -0.39 is 18.1 Å². The summed E-state index contributed by atoms with van der Waals surface area (Å²) in [5.74, 6) is -3.51. The Balaban J connectivity index is 0.000000566. The molecule has 2 N–H and O–H groups in total. The van der Waals surface area contributed by atoms with Gasteiger partial charge in [-0.1, -0.05) is 35.3 Å². The third-order valence-corrected chi connectivity index (χ3v) is 7.22. The van der Waals surface area contributed by atoms with Gasteiger partial charge in [-0.05, 0) is 72.3 Å². The minimum absolute atomic E-state index is 0.244. The second kappa shape index (κ2) is 13.9. The van der Waals surface area contributed by atoms with Gasteiger partial charge in [0.2, 0.25) is 0 Å². The van der Waals surface area contributed by atoms with Crippen LogP contribution in [0, 0.1) is 0 Å². The number of amidine groups is 1. The standard InChI is InChI=1S/C27H18Cl2N4O3S.C2HF3O2/c1-2-36-26(35)18-14-31-21-7-6-15(12-17(21)23(18)16-8-10-30-11-9-16)13-22-25(34)33-27(37-22)32-24-19(28)4-3-5-20(24)29;3-2(4,5)1(6)7/h3-14H,2H2,1H3,(H,32,33,34);(H,6,7)/b22-13+;.